The van der Waals surface area contributed by atoms with Crippen LogP contribution >= 0.6 is 0 Å². The molecule has 2 N–H and O–H groups in total. The zero-order valence-corrected chi connectivity index (χ0v) is 14.5. The zero-order chi connectivity index (χ0) is 18.2. The van der Waals surface area contributed by atoms with Gasteiger partial charge in [-0.2, -0.15) is 5.26 Å². The largest absolute Gasteiger partial charge is 0.496 e. The van der Waals surface area contributed by atoms with Gasteiger partial charge in [-0.15, -0.1) is 0 Å². The van der Waals surface area contributed by atoms with E-state index in [1.807, 2.05) is 18.2 Å². The molecule has 3 rings (SSSR count). The molecule has 5 heteroatoms. The Balaban J connectivity index is 2.07. The van der Waals surface area contributed by atoms with Crippen LogP contribution in [0.1, 0.15) is 36.6 Å². The van der Waals surface area contributed by atoms with Gasteiger partial charge in [-0.3, -0.25) is 0 Å². The van der Waals surface area contributed by atoms with Gasteiger partial charge >= 0.3 is 6.09 Å². The zero-order valence-electron chi connectivity index (χ0n) is 14.5. The second-order valence-corrected chi connectivity index (χ2v) is 6.99. The van der Waals surface area contributed by atoms with Crippen LogP contribution in [0.3, 0.4) is 0 Å². The Hall–Kier alpha value is -3.00. The van der Waals surface area contributed by atoms with Crippen LogP contribution < -0.4 is 10.1 Å². The molecule has 1 unspecified atom stereocenters. The summed E-state index contributed by atoms with van der Waals surface area (Å²) in [5.41, 5.74) is 4.31. The molecule has 0 bridgehead atoms. The van der Waals surface area contributed by atoms with E-state index in [2.05, 4.69) is 31.3 Å². The summed E-state index contributed by atoms with van der Waals surface area (Å²) in [4.78, 5) is 11.1. The third-order valence-corrected chi connectivity index (χ3v) is 4.79. The molecule has 0 fully saturated rings. The van der Waals surface area contributed by atoms with Crippen molar-refractivity contribution in [2.75, 3.05) is 7.11 Å². The first kappa shape index (κ1) is 16.8. The van der Waals surface area contributed by atoms with E-state index in [1.54, 1.807) is 19.2 Å². The summed E-state index contributed by atoms with van der Waals surface area (Å²) in [5, 5.41) is 20.9. The molecule has 0 radical (unpaired) electrons. The number of ether oxygens (including phenoxy) is 1. The van der Waals surface area contributed by atoms with Crippen molar-refractivity contribution >= 4 is 6.09 Å². The normalized spacial score (nSPS) is 17.4. The number of methoxy groups -OCH3 is 1. The van der Waals surface area contributed by atoms with Crippen molar-refractivity contribution in [1.29, 1.82) is 5.26 Å². The van der Waals surface area contributed by atoms with Gasteiger partial charge in [0.25, 0.3) is 0 Å². The molecule has 25 heavy (non-hydrogen) atoms. The first-order valence-electron chi connectivity index (χ1n) is 8.06. The van der Waals surface area contributed by atoms with E-state index in [4.69, 9.17) is 15.1 Å². The Morgan fingerprint density at radius 1 is 1.32 bits per heavy atom. The number of carboxylic acid groups (broad SMARTS) is 1. The molecule has 1 aliphatic rings. The number of rotatable bonds is 3. The Kier molecular flexibility index (Phi) is 4.13. The van der Waals surface area contributed by atoms with E-state index in [9.17, 15) is 4.79 Å². The minimum atomic E-state index is -1.02. The molecule has 0 saturated carbocycles. The molecule has 1 amide bonds. The van der Waals surface area contributed by atoms with Gasteiger partial charge in [0.05, 0.1) is 24.8 Å². The highest BCUT2D eigenvalue weighted by molar-refractivity contribution is 5.74. The summed E-state index contributed by atoms with van der Waals surface area (Å²) >= 11 is 0. The molecule has 0 aliphatic heterocycles. The van der Waals surface area contributed by atoms with Crippen LogP contribution in [-0.4, -0.2) is 18.3 Å². The Morgan fingerprint density at radius 3 is 2.72 bits per heavy atom. The van der Waals surface area contributed by atoms with Gasteiger partial charge in [-0.25, -0.2) is 4.79 Å². The number of carbonyl (C=O) groups is 1. The predicted molar refractivity (Wildman–Crippen MR) is 94.5 cm³/mol. The molecule has 5 nitrogen and oxygen atoms in total. The third-order valence-electron chi connectivity index (χ3n) is 4.79. The minimum absolute atomic E-state index is 0.196. The number of benzene rings is 2. The highest BCUT2D eigenvalue weighted by Gasteiger charge is 2.40. The molecule has 128 valence electrons. The van der Waals surface area contributed by atoms with E-state index in [0.717, 1.165) is 28.7 Å². The monoisotopic (exact) mass is 336 g/mol. The smallest absolute Gasteiger partial charge is 0.405 e. The average molecular weight is 336 g/mol. The van der Waals surface area contributed by atoms with Crippen LogP contribution in [0, 0.1) is 16.7 Å². The van der Waals surface area contributed by atoms with E-state index >= 15 is 0 Å². The standard InChI is InChI=1S/C20H20N2O3/c1-20(2)10-14-9-13(5-6-15(14)18(20)22-19(23)24)16-8-12(11-21)4-7-17(16)25-3/h4-9,18,22H,10H2,1-3H3,(H,23,24). The van der Waals surface area contributed by atoms with Crippen LogP contribution in [0.4, 0.5) is 4.79 Å². The first-order chi connectivity index (χ1) is 11.9. The van der Waals surface area contributed by atoms with Gasteiger partial charge < -0.3 is 15.2 Å². The SMILES string of the molecule is COc1ccc(C#N)cc1-c1ccc2c(c1)CC(C)(C)C2NC(=O)O. The van der Waals surface area contributed by atoms with Crippen LogP contribution in [-0.2, 0) is 6.42 Å². The maximum Gasteiger partial charge on any atom is 0.405 e. The number of hydrogen-bond donors (Lipinski definition) is 2. The summed E-state index contributed by atoms with van der Waals surface area (Å²) in [7, 11) is 1.61. The quantitative estimate of drug-likeness (QED) is 0.883. The van der Waals surface area contributed by atoms with E-state index < -0.39 is 6.09 Å². The highest BCUT2D eigenvalue weighted by Crippen LogP contribution is 2.46. The number of amides is 1. The van der Waals surface area contributed by atoms with Crippen molar-refractivity contribution < 1.29 is 14.6 Å². The number of nitriles is 1. The summed E-state index contributed by atoms with van der Waals surface area (Å²) in [6.07, 6.45) is -0.236. The Labute approximate surface area is 146 Å². The van der Waals surface area contributed by atoms with Crippen LogP contribution in [0.15, 0.2) is 36.4 Å². The Bertz CT molecular complexity index is 881. The van der Waals surface area contributed by atoms with Crippen molar-refractivity contribution in [3.05, 3.63) is 53.1 Å². The van der Waals surface area contributed by atoms with Crippen LogP contribution in [0.25, 0.3) is 11.1 Å². The summed E-state index contributed by atoms with van der Waals surface area (Å²) in [6, 6.07) is 13.2. The van der Waals surface area contributed by atoms with Crippen molar-refractivity contribution in [3.8, 4) is 22.9 Å². The molecule has 1 atom stereocenters. The molecular formula is C20H20N2O3. The van der Waals surface area contributed by atoms with Crippen LogP contribution in [0.2, 0.25) is 0 Å². The number of fused-ring (bicyclic) bond motifs is 1. The van der Waals surface area contributed by atoms with Gasteiger partial charge in [-0.1, -0.05) is 32.0 Å². The van der Waals surface area contributed by atoms with Crippen molar-refractivity contribution in [2.24, 2.45) is 5.41 Å². The second-order valence-electron chi connectivity index (χ2n) is 6.99. The second kappa shape index (κ2) is 6.14. The fraction of sp³-hybridized carbons (Fsp3) is 0.300. The lowest BCUT2D eigenvalue weighted by Crippen LogP contribution is -2.34. The molecule has 1 aliphatic carbocycles. The topological polar surface area (TPSA) is 82.3 Å². The fourth-order valence-electron chi connectivity index (χ4n) is 3.62. The number of hydrogen-bond acceptors (Lipinski definition) is 3. The van der Waals surface area contributed by atoms with Gasteiger partial charge in [0, 0.05) is 5.56 Å². The molecule has 2 aromatic rings. The highest BCUT2D eigenvalue weighted by atomic mass is 16.5. The predicted octanol–water partition coefficient (Wildman–Crippen LogP) is 4.12. The van der Waals surface area contributed by atoms with Gasteiger partial charge in [-0.05, 0) is 46.7 Å². The fourth-order valence-corrected chi connectivity index (χ4v) is 3.62. The average Bonchev–Trinajstić information content (AvgIpc) is 2.83. The van der Waals surface area contributed by atoms with E-state index in [1.165, 1.54) is 0 Å². The molecule has 0 spiro atoms. The lowest BCUT2D eigenvalue weighted by molar-refractivity contribution is 0.175. The van der Waals surface area contributed by atoms with Crippen LogP contribution in [0.5, 0.6) is 5.75 Å². The van der Waals surface area contributed by atoms with Crippen molar-refractivity contribution in [2.45, 2.75) is 26.3 Å². The molecule has 0 saturated heterocycles. The summed E-state index contributed by atoms with van der Waals surface area (Å²) in [5.74, 6) is 0.705. The molecular weight excluding hydrogens is 316 g/mol. The minimum Gasteiger partial charge on any atom is -0.496 e. The molecule has 0 aromatic heterocycles. The number of nitrogens with one attached hydrogen (secondary N) is 1. The molecule has 2 aromatic carbocycles. The van der Waals surface area contributed by atoms with Crippen molar-refractivity contribution in [3.63, 3.8) is 0 Å². The molecule has 0 heterocycles. The van der Waals surface area contributed by atoms with Gasteiger partial charge in [0.15, 0.2) is 0 Å². The van der Waals surface area contributed by atoms with Crippen molar-refractivity contribution in [1.82, 2.24) is 5.32 Å². The third kappa shape index (κ3) is 3.03. The maximum absolute atomic E-state index is 11.1. The van der Waals surface area contributed by atoms with Gasteiger partial charge in [0.2, 0.25) is 0 Å². The summed E-state index contributed by atoms with van der Waals surface area (Å²) < 4.78 is 5.43. The first-order valence-corrected chi connectivity index (χ1v) is 8.06. The van der Waals surface area contributed by atoms with E-state index in [0.29, 0.717) is 11.3 Å². The lowest BCUT2D eigenvalue weighted by atomic mass is 9.85. The summed E-state index contributed by atoms with van der Waals surface area (Å²) in [6.45, 7) is 4.12. The number of nitrogens with zero attached hydrogens (tertiary/aromatic N) is 1. The van der Waals surface area contributed by atoms with E-state index in [-0.39, 0.29) is 11.5 Å². The lowest BCUT2D eigenvalue weighted by Gasteiger charge is -2.27. The Morgan fingerprint density at radius 2 is 2.08 bits per heavy atom. The van der Waals surface area contributed by atoms with Gasteiger partial charge in [0.1, 0.15) is 5.75 Å². The maximum atomic E-state index is 11.1.